The first kappa shape index (κ1) is 42.9. The minimum atomic E-state index is -1.34. The van der Waals surface area contributed by atoms with Crippen LogP contribution in [-0.2, 0) is 47.9 Å². The van der Waals surface area contributed by atoms with E-state index >= 15 is 0 Å². The Morgan fingerprint density at radius 3 is 1.98 bits per heavy atom. The van der Waals surface area contributed by atoms with E-state index in [1.54, 1.807) is 13.8 Å². The highest BCUT2D eigenvalue weighted by atomic mass is 16.2. The molecule has 10 amide bonds. The van der Waals surface area contributed by atoms with Crippen molar-refractivity contribution in [3.63, 3.8) is 0 Å². The van der Waals surface area contributed by atoms with Gasteiger partial charge < -0.3 is 53.2 Å². The van der Waals surface area contributed by atoms with Crippen molar-refractivity contribution in [2.45, 2.75) is 90.4 Å². The Labute approximate surface area is 301 Å². The van der Waals surface area contributed by atoms with Gasteiger partial charge >= 0.3 is 0 Å². The van der Waals surface area contributed by atoms with E-state index < -0.39 is 116 Å². The minimum Gasteiger partial charge on any atom is -0.368 e. The van der Waals surface area contributed by atoms with Crippen LogP contribution in [0.2, 0.25) is 0 Å². The average Bonchev–Trinajstić information content (AvgIpc) is 3.59. The lowest BCUT2D eigenvalue weighted by atomic mass is 9.98. The molecule has 290 valence electrons. The monoisotopic (exact) mass is 736 g/mol. The van der Waals surface area contributed by atoms with Crippen molar-refractivity contribution < 1.29 is 47.9 Å². The Bertz CT molecular complexity index is 1370. The van der Waals surface area contributed by atoms with Crippen LogP contribution in [0.5, 0.6) is 0 Å². The molecule has 2 aliphatic rings. The number of hydrogen-bond donors (Lipinski definition) is 9. The normalized spacial score (nSPS) is 22.7. The molecule has 0 aromatic carbocycles. The van der Waals surface area contributed by atoms with Gasteiger partial charge in [-0.25, -0.2) is 0 Å². The van der Waals surface area contributed by atoms with Crippen LogP contribution < -0.4 is 48.3 Å². The van der Waals surface area contributed by atoms with Crippen LogP contribution in [0.15, 0.2) is 0 Å². The number of amides is 10. The van der Waals surface area contributed by atoms with E-state index in [0.717, 1.165) is 0 Å². The van der Waals surface area contributed by atoms with Crippen LogP contribution in [0.25, 0.3) is 0 Å². The highest BCUT2D eigenvalue weighted by molar-refractivity contribution is 5.97. The molecule has 0 radical (unpaired) electrons. The summed E-state index contributed by atoms with van der Waals surface area (Å²) in [7, 11) is 0. The third kappa shape index (κ3) is 14.5. The molecule has 2 fully saturated rings. The number of nitrogens with zero attached hydrogens (tertiary/aromatic N) is 1. The number of rotatable bonds is 10. The first-order valence-corrected chi connectivity index (χ1v) is 17.4. The zero-order valence-electron chi connectivity index (χ0n) is 30.1. The van der Waals surface area contributed by atoms with Crippen LogP contribution in [0.4, 0.5) is 0 Å². The molecule has 20 heteroatoms. The minimum absolute atomic E-state index is 0.0301. The highest BCUT2D eigenvalue weighted by Gasteiger charge is 2.39. The standard InChI is InChI=1S/C32H52N10O10/c1-5-18(4)28-31(51)38-14-25(46)35-15-26(47)39-19(8-9-23(44)34-13-24(45)36-16-27(48)41-28)32(52)42-10-6-7-21(42)30(50)40-20(11-17(2)3)29(49)37-12-22(33)43/h17-21,28H,5-16H2,1-4H3,(H2,33,43)(H,34,44)(H,35,46)(H,36,45)(H,37,49)(H,38,51)(H,39,47)(H,40,50)(H,41,48)/t18-,19-,20-,21-,28-/m0/s1. The van der Waals surface area contributed by atoms with Crippen molar-refractivity contribution in [1.82, 2.24) is 47.4 Å². The third-order valence-electron chi connectivity index (χ3n) is 8.48. The quantitative estimate of drug-likeness (QED) is 0.103. The van der Waals surface area contributed by atoms with Crippen molar-refractivity contribution in [1.29, 1.82) is 0 Å². The Morgan fingerprint density at radius 1 is 0.808 bits per heavy atom. The van der Waals surface area contributed by atoms with Gasteiger partial charge in [0, 0.05) is 13.0 Å². The van der Waals surface area contributed by atoms with Crippen molar-refractivity contribution in [2.75, 3.05) is 39.3 Å². The number of likely N-dealkylation sites (tertiary alicyclic amines) is 1. The van der Waals surface area contributed by atoms with E-state index in [-0.39, 0.29) is 44.1 Å². The van der Waals surface area contributed by atoms with Gasteiger partial charge in [-0.1, -0.05) is 34.1 Å². The number of nitrogens with one attached hydrogen (secondary N) is 8. The van der Waals surface area contributed by atoms with E-state index in [4.69, 9.17) is 5.73 Å². The summed E-state index contributed by atoms with van der Waals surface area (Å²) in [6.07, 6.45) is 0.797. The molecule has 10 N–H and O–H groups in total. The van der Waals surface area contributed by atoms with Gasteiger partial charge in [0.15, 0.2) is 0 Å². The van der Waals surface area contributed by atoms with Crippen LogP contribution in [-0.4, -0.2) is 127 Å². The fourth-order valence-corrected chi connectivity index (χ4v) is 5.50. The van der Waals surface area contributed by atoms with Gasteiger partial charge in [0.1, 0.15) is 24.2 Å². The van der Waals surface area contributed by atoms with Gasteiger partial charge in [0.2, 0.25) is 59.1 Å². The predicted molar refractivity (Wildman–Crippen MR) is 183 cm³/mol. The van der Waals surface area contributed by atoms with E-state index in [1.165, 1.54) is 4.90 Å². The molecule has 0 aliphatic carbocycles. The van der Waals surface area contributed by atoms with Gasteiger partial charge in [0.25, 0.3) is 0 Å². The topological polar surface area (TPSA) is 296 Å². The lowest BCUT2D eigenvalue weighted by Gasteiger charge is -2.30. The van der Waals surface area contributed by atoms with Gasteiger partial charge in [-0.05, 0) is 37.5 Å². The molecule has 2 saturated heterocycles. The fourth-order valence-electron chi connectivity index (χ4n) is 5.50. The van der Waals surface area contributed by atoms with E-state index in [1.807, 2.05) is 13.8 Å². The lowest BCUT2D eigenvalue weighted by molar-refractivity contribution is -0.142. The number of carbonyl (C=O) groups excluding carboxylic acids is 10. The molecule has 2 rings (SSSR count). The Morgan fingerprint density at radius 2 is 1.38 bits per heavy atom. The number of hydrogen-bond acceptors (Lipinski definition) is 10. The fraction of sp³-hybridized carbons (Fsp3) is 0.688. The maximum absolute atomic E-state index is 13.9. The van der Waals surface area contributed by atoms with Gasteiger partial charge in [-0.3, -0.25) is 47.9 Å². The lowest BCUT2D eigenvalue weighted by Crippen LogP contribution is -2.57. The second kappa shape index (κ2) is 21.2. The smallest absolute Gasteiger partial charge is 0.245 e. The van der Waals surface area contributed by atoms with Gasteiger partial charge in [-0.15, -0.1) is 0 Å². The molecule has 0 aromatic heterocycles. The largest absolute Gasteiger partial charge is 0.368 e. The summed E-state index contributed by atoms with van der Waals surface area (Å²) in [6, 6.07) is -4.42. The SMILES string of the molecule is CC[C@H](C)[C@@H]1NC(=O)CNC(=O)CNC(=O)CC[C@@H](C(=O)N2CCC[C@H]2C(=O)N[C@@H](CC(C)C)C(=O)NCC(N)=O)NC(=O)CNC(=O)CNC1=O. The number of primary amides is 1. The zero-order chi connectivity index (χ0) is 39.0. The van der Waals surface area contributed by atoms with Crippen molar-refractivity contribution in [3.8, 4) is 0 Å². The van der Waals surface area contributed by atoms with E-state index in [0.29, 0.717) is 12.8 Å². The second-order valence-electron chi connectivity index (χ2n) is 13.2. The molecular weight excluding hydrogens is 684 g/mol. The van der Waals surface area contributed by atoms with Crippen molar-refractivity contribution in [3.05, 3.63) is 0 Å². The average molecular weight is 737 g/mol. The summed E-state index contributed by atoms with van der Waals surface area (Å²) in [5.41, 5.74) is 5.12. The summed E-state index contributed by atoms with van der Waals surface area (Å²) in [5.74, 6) is -7.33. The zero-order valence-corrected chi connectivity index (χ0v) is 30.1. The van der Waals surface area contributed by atoms with Crippen molar-refractivity contribution >= 4 is 59.1 Å². The van der Waals surface area contributed by atoms with Gasteiger partial charge in [-0.2, -0.15) is 0 Å². The molecular formula is C32H52N10O10. The summed E-state index contributed by atoms with van der Waals surface area (Å²) >= 11 is 0. The predicted octanol–water partition coefficient (Wildman–Crippen LogP) is -4.62. The Hall–Kier alpha value is -5.30. The molecule has 0 unspecified atom stereocenters. The maximum Gasteiger partial charge on any atom is 0.245 e. The van der Waals surface area contributed by atoms with Crippen LogP contribution in [0.1, 0.15) is 66.2 Å². The third-order valence-corrected chi connectivity index (χ3v) is 8.48. The van der Waals surface area contributed by atoms with Crippen LogP contribution in [0.3, 0.4) is 0 Å². The summed E-state index contributed by atoms with van der Waals surface area (Å²) < 4.78 is 0. The molecule has 0 spiro atoms. The van der Waals surface area contributed by atoms with Crippen molar-refractivity contribution in [2.24, 2.45) is 17.6 Å². The Balaban J connectivity index is 2.23. The first-order chi connectivity index (χ1) is 24.5. The van der Waals surface area contributed by atoms with Crippen LogP contribution in [0, 0.1) is 11.8 Å². The van der Waals surface area contributed by atoms with E-state index in [9.17, 15) is 47.9 Å². The summed E-state index contributed by atoms with van der Waals surface area (Å²) in [4.78, 5) is 128. The molecule has 0 aromatic rings. The number of nitrogens with two attached hydrogens (primary N) is 1. The molecule has 2 aliphatic heterocycles. The van der Waals surface area contributed by atoms with E-state index in [2.05, 4.69) is 42.5 Å². The highest BCUT2D eigenvalue weighted by Crippen LogP contribution is 2.20. The summed E-state index contributed by atoms with van der Waals surface area (Å²) in [5, 5.41) is 19.5. The number of carbonyl (C=O) groups is 10. The molecule has 0 bridgehead atoms. The summed E-state index contributed by atoms with van der Waals surface area (Å²) in [6.45, 7) is 4.76. The second-order valence-corrected chi connectivity index (χ2v) is 13.2. The molecule has 5 atom stereocenters. The molecule has 2 heterocycles. The Kier molecular flexibility index (Phi) is 17.4. The molecule has 20 nitrogen and oxygen atoms in total. The molecule has 0 saturated carbocycles. The maximum atomic E-state index is 13.9. The molecule has 52 heavy (non-hydrogen) atoms. The van der Waals surface area contributed by atoms with Gasteiger partial charge in [0.05, 0.1) is 32.7 Å². The first-order valence-electron chi connectivity index (χ1n) is 17.4. The van der Waals surface area contributed by atoms with Crippen LogP contribution >= 0.6 is 0 Å².